The van der Waals surface area contributed by atoms with Crippen molar-refractivity contribution in [2.24, 2.45) is 0 Å². The molecule has 0 radical (unpaired) electrons. The van der Waals surface area contributed by atoms with Gasteiger partial charge in [-0.15, -0.1) is 0 Å². The summed E-state index contributed by atoms with van der Waals surface area (Å²) in [5.41, 5.74) is 0. The number of carbonyl (C=O) groups is 2. The molecule has 0 aromatic rings. The lowest BCUT2D eigenvalue weighted by molar-refractivity contribution is -0.302. The van der Waals surface area contributed by atoms with Crippen molar-refractivity contribution in [3.63, 3.8) is 0 Å². The van der Waals surface area contributed by atoms with Crippen molar-refractivity contribution in [1.29, 1.82) is 0 Å². The van der Waals surface area contributed by atoms with Crippen molar-refractivity contribution < 1.29 is 49.3 Å². The first-order chi connectivity index (χ1) is 44.7. The Morgan fingerprint density at radius 2 is 0.703 bits per heavy atom. The van der Waals surface area contributed by atoms with Crippen LogP contribution in [-0.4, -0.2) is 100 Å². The molecule has 0 spiro atoms. The highest BCUT2D eigenvalue weighted by Crippen LogP contribution is 2.24. The standard InChI is InChI=1S/C80H151NO10/c1-3-5-7-9-11-13-15-16-45-48-52-56-60-64-68-76(85)89-69-65-61-57-53-49-46-43-41-39-37-35-33-31-29-27-25-23-21-19-17-18-20-22-24-26-28-30-32-34-36-38-40-42-44-47-51-55-59-63-67-75(84)81-72(71-90-80-79(88)78(87)77(86)74(70-82)91-80)73(83)66-62-58-54-50-14-12-10-8-6-4-2/h15-18,62,66,72-74,77-80,82-83,86-88H,3-14,19-61,63-65,67-71H2,1-2H3,(H,81,84)/b16-15-,18-17-,66-62+. The summed E-state index contributed by atoms with van der Waals surface area (Å²) in [6, 6.07) is -0.805. The predicted molar refractivity (Wildman–Crippen MR) is 384 cm³/mol. The Balaban J connectivity index is 1.86. The van der Waals surface area contributed by atoms with Gasteiger partial charge < -0.3 is 45.1 Å². The Morgan fingerprint density at radius 1 is 0.396 bits per heavy atom. The van der Waals surface area contributed by atoms with E-state index in [1.165, 1.54) is 315 Å². The molecular weight excluding hydrogens is 1130 g/mol. The van der Waals surface area contributed by atoms with Crippen LogP contribution in [0.1, 0.15) is 399 Å². The average Bonchev–Trinajstić information content (AvgIpc) is 1.14. The van der Waals surface area contributed by atoms with E-state index in [1.54, 1.807) is 6.08 Å². The number of aliphatic hydroxyl groups is 5. The molecule has 536 valence electrons. The normalized spacial score (nSPS) is 17.7. The van der Waals surface area contributed by atoms with E-state index in [-0.39, 0.29) is 18.5 Å². The largest absolute Gasteiger partial charge is 0.466 e. The van der Waals surface area contributed by atoms with Crippen molar-refractivity contribution in [1.82, 2.24) is 5.32 Å². The molecule has 6 N–H and O–H groups in total. The molecule has 0 bridgehead atoms. The summed E-state index contributed by atoms with van der Waals surface area (Å²) in [6.45, 7) is 4.36. The number of esters is 1. The van der Waals surface area contributed by atoms with E-state index in [2.05, 4.69) is 43.5 Å². The lowest BCUT2D eigenvalue weighted by atomic mass is 9.99. The molecule has 1 heterocycles. The molecule has 1 saturated heterocycles. The second kappa shape index (κ2) is 69.2. The molecule has 0 aromatic heterocycles. The van der Waals surface area contributed by atoms with Crippen molar-refractivity contribution in [2.75, 3.05) is 19.8 Å². The van der Waals surface area contributed by atoms with Gasteiger partial charge in [-0.2, -0.15) is 0 Å². The second-order valence-corrected chi connectivity index (χ2v) is 27.8. The number of ether oxygens (including phenoxy) is 3. The number of carbonyl (C=O) groups excluding carboxylic acids is 2. The third-order valence-electron chi connectivity index (χ3n) is 19.0. The molecule has 7 atom stereocenters. The second-order valence-electron chi connectivity index (χ2n) is 27.8. The van der Waals surface area contributed by atoms with Crippen LogP contribution in [0.15, 0.2) is 36.5 Å². The molecule has 1 fully saturated rings. The lowest BCUT2D eigenvalue weighted by Crippen LogP contribution is -2.60. The molecule has 1 aliphatic heterocycles. The zero-order chi connectivity index (χ0) is 65.8. The van der Waals surface area contributed by atoms with Crippen LogP contribution < -0.4 is 5.32 Å². The van der Waals surface area contributed by atoms with E-state index >= 15 is 0 Å². The highest BCUT2D eigenvalue weighted by Gasteiger charge is 2.44. The van der Waals surface area contributed by atoms with E-state index in [1.807, 2.05) is 6.08 Å². The SMILES string of the molecule is CCCCCCC/C=C\CCCCCCCC(=O)OCCCCCCCCCCCCCCCCCCCC/C=C\CCCCCCCCCCCCCCCCCCCC(=O)NC(COC1OC(CO)C(O)C(O)C1O)C(O)/C=C/CCCCCCCCCC. The first kappa shape index (κ1) is 86.9. The van der Waals surface area contributed by atoms with Gasteiger partial charge >= 0.3 is 5.97 Å². The summed E-state index contributed by atoms with van der Waals surface area (Å²) < 4.78 is 16.7. The van der Waals surface area contributed by atoms with Crippen molar-refractivity contribution in [3.05, 3.63) is 36.5 Å². The quantitative estimate of drug-likeness (QED) is 0.0195. The van der Waals surface area contributed by atoms with E-state index in [4.69, 9.17) is 14.2 Å². The predicted octanol–water partition coefficient (Wildman–Crippen LogP) is 21.3. The summed E-state index contributed by atoms with van der Waals surface area (Å²) >= 11 is 0. The molecule has 1 rings (SSSR count). The zero-order valence-corrected chi connectivity index (χ0v) is 59.8. The number of hydrogen-bond acceptors (Lipinski definition) is 10. The fraction of sp³-hybridized carbons (Fsp3) is 0.900. The maximum atomic E-state index is 13.0. The minimum Gasteiger partial charge on any atom is -0.466 e. The van der Waals surface area contributed by atoms with E-state index in [9.17, 15) is 35.1 Å². The molecule has 0 aromatic carbocycles. The molecule has 11 heteroatoms. The minimum absolute atomic E-state index is 0.00867. The Kier molecular flexibility index (Phi) is 66.1. The van der Waals surface area contributed by atoms with Gasteiger partial charge in [0.15, 0.2) is 6.29 Å². The Morgan fingerprint density at radius 3 is 1.05 bits per heavy atom. The molecular formula is C80H151NO10. The Hall–Kier alpha value is -2.12. The third-order valence-corrected chi connectivity index (χ3v) is 19.0. The Bertz CT molecular complexity index is 1610. The van der Waals surface area contributed by atoms with Crippen molar-refractivity contribution >= 4 is 11.9 Å². The summed E-state index contributed by atoms with van der Waals surface area (Å²) in [5, 5.41) is 54.4. The topological polar surface area (TPSA) is 175 Å². The zero-order valence-electron chi connectivity index (χ0n) is 59.8. The number of aliphatic hydroxyl groups excluding tert-OH is 5. The average molecular weight is 1290 g/mol. The number of rotatable bonds is 71. The molecule has 0 aliphatic carbocycles. The minimum atomic E-state index is -1.57. The third kappa shape index (κ3) is 57.8. The van der Waals surface area contributed by atoms with Crippen LogP contribution >= 0.6 is 0 Å². The van der Waals surface area contributed by atoms with Crippen LogP contribution in [0.25, 0.3) is 0 Å². The highest BCUT2D eigenvalue weighted by molar-refractivity contribution is 5.76. The maximum absolute atomic E-state index is 13.0. The van der Waals surface area contributed by atoms with Crippen LogP contribution in [0.3, 0.4) is 0 Å². The summed E-state index contributed by atoms with van der Waals surface area (Å²) in [7, 11) is 0. The molecule has 0 saturated carbocycles. The number of allylic oxidation sites excluding steroid dienone is 5. The molecule has 7 unspecified atom stereocenters. The van der Waals surface area contributed by atoms with Gasteiger partial charge in [-0.3, -0.25) is 9.59 Å². The molecule has 11 nitrogen and oxygen atoms in total. The lowest BCUT2D eigenvalue weighted by Gasteiger charge is -2.40. The van der Waals surface area contributed by atoms with E-state index in [0.717, 1.165) is 57.8 Å². The fourth-order valence-corrected chi connectivity index (χ4v) is 12.7. The summed E-state index contributed by atoms with van der Waals surface area (Å²) in [5.74, 6) is -0.168. The number of nitrogens with one attached hydrogen (secondary N) is 1. The number of hydrogen-bond donors (Lipinski definition) is 6. The van der Waals surface area contributed by atoms with Crippen LogP contribution in [0.5, 0.6) is 0 Å². The van der Waals surface area contributed by atoms with E-state index in [0.29, 0.717) is 19.4 Å². The fourth-order valence-electron chi connectivity index (χ4n) is 12.7. The maximum Gasteiger partial charge on any atom is 0.305 e. The van der Waals surface area contributed by atoms with Gasteiger partial charge in [-0.25, -0.2) is 0 Å². The molecule has 91 heavy (non-hydrogen) atoms. The van der Waals surface area contributed by atoms with Crippen LogP contribution in [0.2, 0.25) is 0 Å². The van der Waals surface area contributed by atoms with Crippen molar-refractivity contribution in [2.45, 2.75) is 442 Å². The van der Waals surface area contributed by atoms with Gasteiger partial charge in [0, 0.05) is 12.8 Å². The van der Waals surface area contributed by atoms with E-state index < -0.39 is 49.5 Å². The van der Waals surface area contributed by atoms with Gasteiger partial charge in [-0.05, 0) is 83.5 Å². The Labute approximate surface area is 562 Å². The van der Waals surface area contributed by atoms with Gasteiger partial charge in [0.05, 0.1) is 32.0 Å². The van der Waals surface area contributed by atoms with Crippen LogP contribution in [0.4, 0.5) is 0 Å². The smallest absolute Gasteiger partial charge is 0.305 e. The first-order valence-electron chi connectivity index (χ1n) is 39.8. The van der Waals surface area contributed by atoms with Gasteiger partial charge in [0.25, 0.3) is 0 Å². The van der Waals surface area contributed by atoms with Crippen LogP contribution in [0, 0.1) is 0 Å². The highest BCUT2D eigenvalue weighted by atomic mass is 16.7. The summed E-state index contributed by atoms with van der Waals surface area (Å²) in [6.07, 6.45) is 80.5. The van der Waals surface area contributed by atoms with Crippen molar-refractivity contribution in [3.8, 4) is 0 Å². The van der Waals surface area contributed by atoms with Gasteiger partial charge in [0.1, 0.15) is 24.4 Å². The number of unbranched alkanes of at least 4 members (excludes halogenated alkanes) is 53. The monoisotopic (exact) mass is 1290 g/mol. The molecule has 1 amide bonds. The molecule has 1 aliphatic rings. The number of amides is 1. The van der Waals surface area contributed by atoms with Crippen LogP contribution in [-0.2, 0) is 23.8 Å². The first-order valence-corrected chi connectivity index (χ1v) is 39.8. The summed E-state index contributed by atoms with van der Waals surface area (Å²) in [4.78, 5) is 25.1. The van der Waals surface area contributed by atoms with Gasteiger partial charge in [-0.1, -0.05) is 339 Å². The van der Waals surface area contributed by atoms with Gasteiger partial charge in [0.2, 0.25) is 5.91 Å².